The highest BCUT2D eigenvalue weighted by molar-refractivity contribution is 6.29. The summed E-state index contributed by atoms with van der Waals surface area (Å²) in [7, 11) is 0. The van der Waals surface area contributed by atoms with E-state index in [-0.39, 0.29) is 22.0 Å². The monoisotopic (exact) mass is 254 g/mol. The predicted molar refractivity (Wildman–Crippen MR) is 59.3 cm³/mol. The van der Waals surface area contributed by atoms with Gasteiger partial charge < -0.3 is 0 Å². The number of amides is 1. The molecule has 0 unspecified atom stereocenters. The molecule has 88 valence electrons. The average molecular weight is 255 g/mol. The minimum absolute atomic E-state index is 0.0586. The first-order valence-corrected chi connectivity index (χ1v) is 5.54. The molecule has 2 aromatic rings. The molecule has 0 spiro atoms. The van der Waals surface area contributed by atoms with Gasteiger partial charge in [-0.2, -0.15) is 5.10 Å². The highest BCUT2D eigenvalue weighted by Crippen LogP contribution is 2.32. The Morgan fingerprint density at radius 1 is 1.53 bits per heavy atom. The molecule has 17 heavy (non-hydrogen) atoms. The Labute approximate surface area is 101 Å². The smallest absolute Gasteiger partial charge is 0.259 e. The number of halogens is 2. The van der Waals surface area contributed by atoms with Crippen molar-refractivity contribution >= 4 is 29.0 Å². The van der Waals surface area contributed by atoms with E-state index in [4.69, 9.17) is 11.6 Å². The zero-order valence-corrected chi connectivity index (χ0v) is 9.43. The van der Waals surface area contributed by atoms with Gasteiger partial charge in [0.25, 0.3) is 5.91 Å². The summed E-state index contributed by atoms with van der Waals surface area (Å²) in [4.78, 5) is 15.5. The van der Waals surface area contributed by atoms with E-state index < -0.39 is 5.91 Å². The Kier molecular flexibility index (Phi) is 2.25. The van der Waals surface area contributed by atoms with Crippen molar-refractivity contribution in [1.82, 2.24) is 14.6 Å². The molecule has 0 aliphatic heterocycles. The van der Waals surface area contributed by atoms with Gasteiger partial charge >= 0.3 is 0 Å². The van der Waals surface area contributed by atoms with Gasteiger partial charge in [-0.15, -0.1) is 5.12 Å². The van der Waals surface area contributed by atoms with E-state index >= 15 is 0 Å². The maximum absolute atomic E-state index is 13.7. The molecule has 1 aliphatic rings. The molecule has 0 aromatic carbocycles. The summed E-state index contributed by atoms with van der Waals surface area (Å²) in [5, 5.41) is 4.28. The summed E-state index contributed by atoms with van der Waals surface area (Å²) >= 11 is 5.70. The first-order chi connectivity index (χ1) is 8.15. The molecule has 2 aromatic heterocycles. The van der Waals surface area contributed by atoms with Crippen LogP contribution in [0.1, 0.15) is 12.8 Å². The van der Waals surface area contributed by atoms with Crippen molar-refractivity contribution in [3.63, 3.8) is 0 Å². The lowest BCUT2D eigenvalue weighted by molar-refractivity contribution is -0.122. The Bertz CT molecular complexity index is 595. The molecule has 1 fully saturated rings. The van der Waals surface area contributed by atoms with E-state index in [1.54, 1.807) is 12.1 Å². The van der Waals surface area contributed by atoms with Gasteiger partial charge in [-0.1, -0.05) is 16.1 Å². The number of nitrogens with zero attached hydrogens (tertiary/aromatic N) is 4. The molecule has 0 atom stereocenters. The molecule has 1 amide bonds. The van der Waals surface area contributed by atoms with Gasteiger partial charge in [0.1, 0.15) is 5.15 Å². The Balaban J connectivity index is 1.96. The molecule has 2 heterocycles. The lowest BCUT2D eigenvalue weighted by Crippen LogP contribution is -2.23. The van der Waals surface area contributed by atoms with Gasteiger partial charge in [-0.3, -0.25) is 4.79 Å². The van der Waals surface area contributed by atoms with Gasteiger partial charge in [-0.05, 0) is 25.0 Å². The SMILES string of the molecule is O=C(C1CC1)N(F)c1cn2nc(Cl)ccc2n1. The van der Waals surface area contributed by atoms with Crippen LogP contribution in [0.15, 0.2) is 18.3 Å². The number of rotatable bonds is 2. The van der Waals surface area contributed by atoms with Crippen molar-refractivity contribution in [2.45, 2.75) is 12.8 Å². The van der Waals surface area contributed by atoms with Crippen molar-refractivity contribution < 1.29 is 9.28 Å². The van der Waals surface area contributed by atoms with Crippen molar-refractivity contribution in [3.8, 4) is 0 Å². The second-order valence-electron chi connectivity index (χ2n) is 3.95. The molecule has 0 radical (unpaired) electrons. The zero-order valence-electron chi connectivity index (χ0n) is 8.68. The van der Waals surface area contributed by atoms with Crippen LogP contribution in [0.5, 0.6) is 0 Å². The lowest BCUT2D eigenvalue weighted by atomic mass is 10.4. The highest BCUT2D eigenvalue weighted by Gasteiger charge is 2.35. The third-order valence-corrected chi connectivity index (χ3v) is 2.80. The second kappa shape index (κ2) is 3.66. The first-order valence-electron chi connectivity index (χ1n) is 5.17. The molecule has 0 N–H and O–H groups in total. The number of hydrogen-bond donors (Lipinski definition) is 0. The lowest BCUT2D eigenvalue weighted by Gasteiger charge is -2.06. The summed E-state index contributed by atoms with van der Waals surface area (Å²) in [5.74, 6) is -0.794. The summed E-state index contributed by atoms with van der Waals surface area (Å²) in [5.41, 5.74) is 0.440. The summed E-state index contributed by atoms with van der Waals surface area (Å²) in [6, 6.07) is 3.16. The van der Waals surface area contributed by atoms with Crippen LogP contribution in [0.25, 0.3) is 5.65 Å². The molecule has 5 nitrogen and oxygen atoms in total. The van der Waals surface area contributed by atoms with E-state index in [1.165, 1.54) is 10.7 Å². The zero-order chi connectivity index (χ0) is 12.0. The molecule has 1 saturated carbocycles. The number of carbonyl (C=O) groups is 1. The van der Waals surface area contributed by atoms with Gasteiger partial charge in [-0.25, -0.2) is 9.50 Å². The Morgan fingerprint density at radius 2 is 2.29 bits per heavy atom. The van der Waals surface area contributed by atoms with Gasteiger partial charge in [0.2, 0.25) is 0 Å². The number of aromatic nitrogens is 3. The number of imidazole rings is 1. The van der Waals surface area contributed by atoms with E-state index in [2.05, 4.69) is 10.1 Å². The minimum Gasteiger partial charge on any atom is -0.272 e. The summed E-state index contributed by atoms with van der Waals surface area (Å²) in [6.07, 6.45) is 2.83. The minimum atomic E-state index is -0.542. The van der Waals surface area contributed by atoms with Crippen LogP contribution in [-0.4, -0.2) is 20.5 Å². The van der Waals surface area contributed by atoms with Crippen LogP contribution in [0.4, 0.5) is 10.3 Å². The first kappa shape index (κ1) is 10.5. The quantitative estimate of drug-likeness (QED) is 0.771. The number of fused-ring (bicyclic) bond motifs is 1. The second-order valence-corrected chi connectivity index (χ2v) is 4.34. The normalized spacial score (nSPS) is 15.2. The van der Waals surface area contributed by atoms with Crippen molar-refractivity contribution in [1.29, 1.82) is 0 Å². The van der Waals surface area contributed by atoms with E-state index in [9.17, 15) is 9.28 Å². The molecule has 0 bridgehead atoms. The third-order valence-electron chi connectivity index (χ3n) is 2.60. The van der Waals surface area contributed by atoms with Crippen molar-refractivity contribution in [2.24, 2.45) is 5.92 Å². The van der Waals surface area contributed by atoms with Crippen LogP contribution in [0.2, 0.25) is 5.15 Å². The Morgan fingerprint density at radius 3 is 3.00 bits per heavy atom. The third kappa shape index (κ3) is 1.84. The summed E-state index contributed by atoms with van der Waals surface area (Å²) in [6.45, 7) is 0. The molecular weight excluding hydrogens is 247 g/mol. The predicted octanol–water partition coefficient (Wildman–Crippen LogP) is 2.01. The van der Waals surface area contributed by atoms with E-state index in [0.717, 1.165) is 12.8 Å². The largest absolute Gasteiger partial charge is 0.272 e. The van der Waals surface area contributed by atoms with Crippen molar-refractivity contribution in [2.75, 3.05) is 5.12 Å². The molecule has 1 aliphatic carbocycles. The van der Waals surface area contributed by atoms with Gasteiger partial charge in [0, 0.05) is 5.92 Å². The standard InChI is InChI=1S/C10H8ClFN4O/c11-7-3-4-8-13-9(5-15(8)14-7)16(12)10(17)6-1-2-6/h3-6H,1-2H2. The highest BCUT2D eigenvalue weighted by atomic mass is 35.5. The molecule has 3 rings (SSSR count). The molecule has 7 heteroatoms. The van der Waals surface area contributed by atoms with E-state index in [0.29, 0.717) is 5.65 Å². The van der Waals surface area contributed by atoms with E-state index in [1.807, 2.05) is 0 Å². The van der Waals surface area contributed by atoms with Crippen LogP contribution in [0.3, 0.4) is 0 Å². The fraction of sp³-hybridized carbons (Fsp3) is 0.300. The maximum Gasteiger partial charge on any atom is 0.259 e. The average Bonchev–Trinajstić information content (AvgIpc) is 3.07. The Hall–Kier alpha value is -1.69. The molecular formula is C10H8ClFN4O. The fourth-order valence-corrected chi connectivity index (χ4v) is 1.69. The van der Waals surface area contributed by atoms with Crippen LogP contribution in [0, 0.1) is 5.92 Å². The number of hydrogen-bond acceptors (Lipinski definition) is 3. The summed E-state index contributed by atoms with van der Waals surface area (Å²) < 4.78 is 15.0. The topological polar surface area (TPSA) is 50.5 Å². The van der Waals surface area contributed by atoms with Crippen molar-refractivity contribution in [3.05, 3.63) is 23.5 Å². The fourth-order valence-electron chi connectivity index (χ4n) is 1.54. The maximum atomic E-state index is 13.7. The van der Waals surface area contributed by atoms with Crippen LogP contribution in [-0.2, 0) is 4.79 Å². The van der Waals surface area contributed by atoms with Crippen LogP contribution < -0.4 is 5.12 Å². The number of carbonyl (C=O) groups excluding carboxylic acids is 1. The van der Waals surface area contributed by atoms with Crippen LogP contribution >= 0.6 is 11.6 Å². The molecule has 0 saturated heterocycles. The number of anilines is 1. The van der Waals surface area contributed by atoms with Gasteiger partial charge in [0.15, 0.2) is 11.5 Å². The van der Waals surface area contributed by atoms with Gasteiger partial charge in [0.05, 0.1) is 6.20 Å².